The van der Waals surface area contributed by atoms with E-state index in [1.165, 1.54) is 0 Å². The number of carbonyl (C=O) groups is 1. The maximum atomic E-state index is 11.7. The number of carbonyl (C=O) groups excluding carboxylic acids is 1. The van der Waals surface area contributed by atoms with E-state index in [1.54, 1.807) is 19.4 Å². The molecule has 1 heterocycles. The van der Waals surface area contributed by atoms with Gasteiger partial charge in [-0.1, -0.05) is 0 Å². The minimum absolute atomic E-state index is 0.209. The Kier molecular flexibility index (Phi) is 3.84. The maximum absolute atomic E-state index is 11.7. The molecular formula is C14H20N2O2. The number of rotatable bonds is 3. The van der Waals surface area contributed by atoms with Gasteiger partial charge in [-0.3, -0.25) is 9.48 Å². The zero-order valence-electron chi connectivity index (χ0n) is 11.3. The lowest BCUT2D eigenvalue weighted by molar-refractivity contribution is -0.114. The van der Waals surface area contributed by atoms with Crippen molar-refractivity contribution in [2.24, 2.45) is 0 Å². The van der Waals surface area contributed by atoms with Crippen molar-refractivity contribution in [3.8, 4) is 5.75 Å². The van der Waals surface area contributed by atoms with Crippen molar-refractivity contribution >= 4 is 11.4 Å². The first-order chi connectivity index (χ1) is 8.63. The molecule has 1 aromatic heterocycles. The van der Waals surface area contributed by atoms with Crippen LogP contribution < -0.4 is 4.74 Å². The van der Waals surface area contributed by atoms with Crippen LogP contribution in [0.4, 0.5) is 0 Å². The summed E-state index contributed by atoms with van der Waals surface area (Å²) in [5, 5.41) is 4.36. The average molecular weight is 248 g/mol. The lowest BCUT2D eigenvalue weighted by Crippen LogP contribution is -2.08. The molecule has 0 bridgehead atoms. The van der Waals surface area contributed by atoms with Crippen LogP contribution in [0, 0.1) is 0 Å². The Balaban J connectivity index is 2.47. The molecule has 18 heavy (non-hydrogen) atoms. The van der Waals surface area contributed by atoms with Gasteiger partial charge in [0, 0.05) is 12.5 Å². The third-order valence-corrected chi connectivity index (χ3v) is 3.23. The van der Waals surface area contributed by atoms with Crippen LogP contribution in [-0.4, -0.2) is 22.7 Å². The number of aromatic nitrogens is 2. The number of allylic oxidation sites excluding steroid dienone is 2. The summed E-state index contributed by atoms with van der Waals surface area (Å²) in [6, 6.07) is 0.253. The van der Waals surface area contributed by atoms with Crippen LogP contribution in [0.2, 0.25) is 0 Å². The second-order valence-electron chi connectivity index (χ2n) is 4.94. The Hall–Kier alpha value is -1.58. The normalized spacial score (nSPS) is 16.7. The molecule has 0 unspecified atom stereocenters. The highest BCUT2D eigenvalue weighted by molar-refractivity contribution is 5.97. The predicted octanol–water partition coefficient (Wildman–Crippen LogP) is 3.00. The Morgan fingerprint density at radius 2 is 2.06 bits per heavy atom. The molecule has 1 aliphatic carbocycles. The van der Waals surface area contributed by atoms with Gasteiger partial charge in [0.2, 0.25) is 0 Å². The van der Waals surface area contributed by atoms with Gasteiger partial charge in [0.15, 0.2) is 11.5 Å². The number of hydrogen-bond acceptors (Lipinski definition) is 3. The minimum Gasteiger partial charge on any atom is -0.493 e. The molecule has 98 valence electrons. The first-order valence-electron chi connectivity index (χ1n) is 6.48. The van der Waals surface area contributed by atoms with E-state index in [0.29, 0.717) is 6.42 Å². The molecule has 0 aromatic carbocycles. The molecule has 1 aliphatic rings. The van der Waals surface area contributed by atoms with Gasteiger partial charge in [0.1, 0.15) is 5.69 Å². The fraction of sp³-hybridized carbons (Fsp3) is 0.571. The standard InChI is InChI=1S/C14H20N2O2/c1-10(2)16-14(13(18-3)9-15-16)11-6-4-5-7-12(17)8-11/h8-10H,4-7H2,1-3H3. The van der Waals surface area contributed by atoms with Crippen LogP contribution in [0.1, 0.15) is 51.3 Å². The van der Waals surface area contributed by atoms with Gasteiger partial charge in [-0.05, 0) is 44.8 Å². The van der Waals surface area contributed by atoms with Crippen LogP contribution in [-0.2, 0) is 4.79 Å². The Bertz CT molecular complexity index is 472. The largest absolute Gasteiger partial charge is 0.493 e. The summed E-state index contributed by atoms with van der Waals surface area (Å²) in [5.74, 6) is 0.964. The second-order valence-corrected chi connectivity index (χ2v) is 4.94. The molecule has 0 amide bonds. The molecule has 0 aliphatic heterocycles. The molecule has 0 N–H and O–H groups in total. The molecule has 4 nitrogen and oxygen atoms in total. The van der Waals surface area contributed by atoms with Gasteiger partial charge in [0.25, 0.3) is 0 Å². The molecule has 4 heteroatoms. The highest BCUT2D eigenvalue weighted by Crippen LogP contribution is 2.33. The van der Waals surface area contributed by atoms with Crippen molar-refractivity contribution in [2.45, 2.75) is 45.6 Å². The van der Waals surface area contributed by atoms with Gasteiger partial charge < -0.3 is 4.74 Å². The van der Waals surface area contributed by atoms with Crippen molar-refractivity contribution in [2.75, 3.05) is 7.11 Å². The van der Waals surface area contributed by atoms with Crippen molar-refractivity contribution < 1.29 is 9.53 Å². The van der Waals surface area contributed by atoms with Crippen LogP contribution in [0.15, 0.2) is 12.3 Å². The molecular weight excluding hydrogens is 228 g/mol. The summed E-state index contributed by atoms with van der Waals surface area (Å²) in [6.07, 6.45) is 7.08. The van der Waals surface area contributed by atoms with E-state index in [4.69, 9.17) is 4.74 Å². The molecule has 1 aromatic rings. The fourth-order valence-corrected chi connectivity index (χ4v) is 2.33. The summed E-state index contributed by atoms with van der Waals surface area (Å²) in [4.78, 5) is 11.7. The van der Waals surface area contributed by atoms with Crippen LogP contribution in [0.5, 0.6) is 5.75 Å². The summed E-state index contributed by atoms with van der Waals surface area (Å²) in [5.41, 5.74) is 2.02. The Morgan fingerprint density at radius 3 is 2.72 bits per heavy atom. The Morgan fingerprint density at radius 1 is 1.33 bits per heavy atom. The third kappa shape index (κ3) is 2.47. The highest BCUT2D eigenvalue weighted by atomic mass is 16.5. The van der Waals surface area contributed by atoms with E-state index in [-0.39, 0.29) is 11.8 Å². The van der Waals surface area contributed by atoms with E-state index < -0.39 is 0 Å². The van der Waals surface area contributed by atoms with Gasteiger partial charge in [-0.15, -0.1) is 0 Å². The predicted molar refractivity (Wildman–Crippen MR) is 70.6 cm³/mol. The molecule has 0 saturated heterocycles. The third-order valence-electron chi connectivity index (χ3n) is 3.23. The topological polar surface area (TPSA) is 44.1 Å². The van der Waals surface area contributed by atoms with E-state index in [2.05, 4.69) is 18.9 Å². The van der Waals surface area contributed by atoms with Crippen molar-refractivity contribution in [3.05, 3.63) is 18.0 Å². The lowest BCUT2D eigenvalue weighted by Gasteiger charge is -2.14. The zero-order chi connectivity index (χ0) is 13.1. The molecule has 0 atom stereocenters. The maximum Gasteiger partial charge on any atom is 0.164 e. The van der Waals surface area contributed by atoms with Crippen molar-refractivity contribution in [3.63, 3.8) is 0 Å². The number of nitrogens with zero attached hydrogens (tertiary/aromatic N) is 2. The van der Waals surface area contributed by atoms with E-state index in [0.717, 1.165) is 36.3 Å². The number of methoxy groups -OCH3 is 1. The zero-order valence-corrected chi connectivity index (χ0v) is 11.3. The van der Waals surface area contributed by atoms with Crippen molar-refractivity contribution in [1.29, 1.82) is 0 Å². The van der Waals surface area contributed by atoms with Crippen LogP contribution in [0.25, 0.3) is 5.57 Å². The van der Waals surface area contributed by atoms with Gasteiger partial charge in [-0.2, -0.15) is 5.10 Å². The van der Waals surface area contributed by atoms with Gasteiger partial charge in [-0.25, -0.2) is 0 Å². The van der Waals surface area contributed by atoms with Gasteiger partial charge >= 0.3 is 0 Å². The molecule has 0 spiro atoms. The molecule has 0 fully saturated rings. The number of ketones is 1. The number of ether oxygens (including phenoxy) is 1. The van der Waals surface area contributed by atoms with Crippen LogP contribution in [0.3, 0.4) is 0 Å². The summed E-state index contributed by atoms with van der Waals surface area (Å²) in [6.45, 7) is 4.16. The second kappa shape index (κ2) is 5.38. The fourth-order valence-electron chi connectivity index (χ4n) is 2.33. The summed E-state index contributed by atoms with van der Waals surface area (Å²) in [7, 11) is 1.64. The van der Waals surface area contributed by atoms with E-state index in [9.17, 15) is 4.79 Å². The van der Waals surface area contributed by atoms with Crippen LogP contribution >= 0.6 is 0 Å². The molecule has 2 rings (SSSR count). The first-order valence-corrected chi connectivity index (χ1v) is 6.48. The first kappa shape index (κ1) is 12.9. The summed E-state index contributed by atoms with van der Waals surface area (Å²) < 4.78 is 7.30. The summed E-state index contributed by atoms with van der Waals surface area (Å²) >= 11 is 0. The minimum atomic E-state index is 0.209. The quantitative estimate of drug-likeness (QED) is 0.826. The average Bonchev–Trinajstić information content (AvgIpc) is 2.66. The highest BCUT2D eigenvalue weighted by Gasteiger charge is 2.20. The molecule has 0 saturated carbocycles. The number of hydrogen-bond donors (Lipinski definition) is 0. The van der Waals surface area contributed by atoms with E-state index in [1.807, 2.05) is 4.68 Å². The molecule has 0 radical (unpaired) electrons. The SMILES string of the molecule is COc1cnn(C(C)C)c1C1=CC(=O)CCCC1. The smallest absolute Gasteiger partial charge is 0.164 e. The Labute approximate surface area is 108 Å². The van der Waals surface area contributed by atoms with Crippen molar-refractivity contribution in [1.82, 2.24) is 9.78 Å². The monoisotopic (exact) mass is 248 g/mol. The lowest BCUT2D eigenvalue weighted by atomic mass is 10.1. The van der Waals surface area contributed by atoms with E-state index >= 15 is 0 Å². The van der Waals surface area contributed by atoms with Gasteiger partial charge in [0.05, 0.1) is 13.3 Å².